The Hall–Kier alpha value is -1.43. The zero-order chi connectivity index (χ0) is 11.4. The largest absolute Gasteiger partial charge is 0.464 e. The van der Waals surface area contributed by atoms with Gasteiger partial charge in [-0.1, -0.05) is 29.7 Å². The van der Waals surface area contributed by atoms with Crippen LogP contribution in [0.15, 0.2) is 0 Å². The van der Waals surface area contributed by atoms with Crippen molar-refractivity contribution in [2.75, 3.05) is 6.61 Å². The molecule has 0 fully saturated rings. The van der Waals surface area contributed by atoms with Gasteiger partial charge in [0.1, 0.15) is 25.1 Å². The normalized spacial score (nSPS) is 9.72. The standard InChI is InChI=1S/C5H8O4.C3H6O2.4CH4/c1-5(9-4-7)2-8-3-6;1-3(5)2-4;;;;/h3-5H,2H2,1H3;2-3,5H,1H3;4*1H4. The van der Waals surface area contributed by atoms with Gasteiger partial charge in [0.15, 0.2) is 0 Å². The number of aliphatic hydroxyl groups excluding tert-OH is 1. The lowest BCUT2D eigenvalue weighted by atomic mass is 10.4. The zero-order valence-electron chi connectivity index (χ0n) is 8.08. The molecule has 0 aliphatic carbocycles. The summed E-state index contributed by atoms with van der Waals surface area (Å²) in [6, 6.07) is 0. The Morgan fingerprint density at radius 1 is 1.00 bits per heavy atom. The van der Waals surface area contributed by atoms with E-state index < -0.39 is 6.10 Å². The van der Waals surface area contributed by atoms with E-state index in [9.17, 15) is 14.4 Å². The molecule has 1 N–H and O–H groups in total. The van der Waals surface area contributed by atoms with Crippen LogP contribution in [-0.2, 0) is 23.9 Å². The Kier molecular flexibility index (Phi) is 59.1. The number of ether oxygens (including phenoxy) is 2. The fourth-order valence-corrected chi connectivity index (χ4v) is 0.309. The fourth-order valence-electron chi connectivity index (χ4n) is 0.309. The molecule has 6 nitrogen and oxygen atoms in total. The van der Waals surface area contributed by atoms with Crippen LogP contribution < -0.4 is 0 Å². The zero-order valence-corrected chi connectivity index (χ0v) is 8.08. The highest BCUT2D eigenvalue weighted by Crippen LogP contribution is 1.86. The fraction of sp³-hybridized carbons (Fsp3) is 0.750. The average Bonchev–Trinajstić information content (AvgIpc) is 2.16. The summed E-state index contributed by atoms with van der Waals surface area (Å²) in [6.45, 7) is 3.77. The summed E-state index contributed by atoms with van der Waals surface area (Å²) in [7, 11) is 0. The molecule has 0 saturated carbocycles. The van der Waals surface area contributed by atoms with Crippen LogP contribution in [0, 0.1) is 0 Å². The van der Waals surface area contributed by atoms with Crippen molar-refractivity contribution >= 4 is 19.2 Å². The molecular weight excluding hydrogens is 240 g/mol. The molecule has 0 radical (unpaired) electrons. The molecule has 0 aliphatic heterocycles. The van der Waals surface area contributed by atoms with Gasteiger partial charge in [-0.15, -0.1) is 0 Å². The molecule has 0 heterocycles. The molecule has 0 aromatic heterocycles. The second-order valence-corrected chi connectivity index (χ2v) is 2.35. The van der Waals surface area contributed by atoms with Crippen LogP contribution in [0.2, 0.25) is 0 Å². The molecular formula is C12H30O6. The summed E-state index contributed by atoms with van der Waals surface area (Å²) in [5.74, 6) is 0. The highest BCUT2D eigenvalue weighted by molar-refractivity contribution is 5.54. The smallest absolute Gasteiger partial charge is 0.293 e. The Bertz CT molecular complexity index is 159. The summed E-state index contributed by atoms with van der Waals surface area (Å²) in [5, 5.41) is 7.99. The van der Waals surface area contributed by atoms with Crippen LogP contribution in [0.3, 0.4) is 0 Å². The maximum absolute atomic E-state index is 9.61. The first-order valence-corrected chi connectivity index (χ1v) is 3.86. The monoisotopic (exact) mass is 270 g/mol. The third-order valence-electron chi connectivity index (χ3n) is 0.884. The van der Waals surface area contributed by atoms with Crippen molar-refractivity contribution in [3.63, 3.8) is 0 Å². The second-order valence-electron chi connectivity index (χ2n) is 2.35. The first-order valence-electron chi connectivity index (χ1n) is 3.86. The minimum Gasteiger partial charge on any atom is -0.464 e. The van der Waals surface area contributed by atoms with Crippen LogP contribution in [-0.4, -0.2) is 43.2 Å². The number of rotatable bonds is 6. The summed E-state index contributed by atoms with van der Waals surface area (Å²) in [4.78, 5) is 28.4. The van der Waals surface area contributed by atoms with Crippen LogP contribution >= 0.6 is 0 Å². The molecule has 2 unspecified atom stereocenters. The molecule has 0 spiro atoms. The molecule has 2 atom stereocenters. The first kappa shape index (κ1) is 36.0. The topological polar surface area (TPSA) is 89.9 Å². The van der Waals surface area contributed by atoms with Gasteiger partial charge < -0.3 is 19.4 Å². The minimum absolute atomic E-state index is 0. The summed E-state index contributed by atoms with van der Waals surface area (Å²) in [5.41, 5.74) is 0. The maximum Gasteiger partial charge on any atom is 0.293 e. The molecule has 0 aromatic rings. The van der Waals surface area contributed by atoms with Crippen molar-refractivity contribution in [2.45, 2.75) is 55.8 Å². The van der Waals surface area contributed by atoms with Gasteiger partial charge in [-0.25, -0.2) is 0 Å². The third-order valence-corrected chi connectivity index (χ3v) is 0.884. The van der Waals surface area contributed by atoms with E-state index in [1.807, 2.05) is 0 Å². The maximum atomic E-state index is 9.61. The number of aldehydes is 1. The Morgan fingerprint density at radius 3 is 1.61 bits per heavy atom. The van der Waals surface area contributed by atoms with E-state index in [0.717, 1.165) is 0 Å². The number of carbonyl (C=O) groups excluding carboxylic acids is 3. The summed E-state index contributed by atoms with van der Waals surface area (Å²) < 4.78 is 8.66. The molecule has 0 rings (SSSR count). The van der Waals surface area contributed by atoms with E-state index in [1.165, 1.54) is 6.92 Å². The number of hydrogen-bond acceptors (Lipinski definition) is 6. The van der Waals surface area contributed by atoms with Crippen molar-refractivity contribution in [3.05, 3.63) is 0 Å². The van der Waals surface area contributed by atoms with Gasteiger partial charge in [0.05, 0.1) is 0 Å². The SMILES string of the molecule is C.C.C.C.CC(COC=O)OC=O.CC(O)C=O. The number of hydrogen-bond donors (Lipinski definition) is 1. The average molecular weight is 270 g/mol. The van der Waals surface area contributed by atoms with E-state index >= 15 is 0 Å². The van der Waals surface area contributed by atoms with Gasteiger partial charge in [0.2, 0.25) is 0 Å². The number of aliphatic hydroxyl groups is 1. The molecule has 0 bridgehead atoms. The van der Waals surface area contributed by atoms with Gasteiger partial charge in [0.25, 0.3) is 12.9 Å². The first-order chi connectivity index (χ1) is 6.58. The van der Waals surface area contributed by atoms with Gasteiger partial charge in [0, 0.05) is 0 Å². The summed E-state index contributed by atoms with van der Waals surface area (Å²) in [6.07, 6.45) is -0.678. The van der Waals surface area contributed by atoms with Crippen molar-refractivity contribution in [2.24, 2.45) is 0 Å². The third kappa shape index (κ3) is 46.8. The van der Waals surface area contributed by atoms with E-state index in [-0.39, 0.29) is 42.4 Å². The van der Waals surface area contributed by atoms with Crippen LogP contribution in [0.25, 0.3) is 0 Å². The predicted molar refractivity (Wildman–Crippen MR) is 73.3 cm³/mol. The van der Waals surface area contributed by atoms with Crippen LogP contribution in [0.4, 0.5) is 0 Å². The van der Waals surface area contributed by atoms with E-state index in [1.54, 1.807) is 6.92 Å². The quantitative estimate of drug-likeness (QED) is 0.740. The molecule has 0 saturated heterocycles. The van der Waals surface area contributed by atoms with Crippen molar-refractivity contribution in [3.8, 4) is 0 Å². The molecule has 0 amide bonds. The van der Waals surface area contributed by atoms with Crippen molar-refractivity contribution in [1.82, 2.24) is 0 Å². The molecule has 0 aromatic carbocycles. The lowest BCUT2D eigenvalue weighted by molar-refractivity contribution is -0.141. The Balaban J connectivity index is -0.0000000359. The Morgan fingerprint density at radius 2 is 1.39 bits per heavy atom. The molecule has 18 heavy (non-hydrogen) atoms. The van der Waals surface area contributed by atoms with Crippen molar-refractivity contribution < 1.29 is 29.0 Å². The lowest BCUT2D eigenvalue weighted by Crippen LogP contribution is -2.14. The summed E-state index contributed by atoms with van der Waals surface area (Å²) >= 11 is 0. The minimum atomic E-state index is -0.796. The van der Waals surface area contributed by atoms with Gasteiger partial charge in [-0.2, -0.15) is 0 Å². The van der Waals surface area contributed by atoms with E-state index in [0.29, 0.717) is 19.2 Å². The van der Waals surface area contributed by atoms with Crippen molar-refractivity contribution in [1.29, 1.82) is 0 Å². The van der Waals surface area contributed by atoms with Gasteiger partial charge in [-0.05, 0) is 13.8 Å². The predicted octanol–water partition coefficient (Wildman–Crippen LogP) is 1.83. The second kappa shape index (κ2) is 29.6. The molecule has 6 heteroatoms. The van der Waals surface area contributed by atoms with Gasteiger partial charge in [-0.3, -0.25) is 9.59 Å². The Labute approximate surface area is 111 Å². The highest BCUT2D eigenvalue weighted by Gasteiger charge is 1.98. The lowest BCUT2D eigenvalue weighted by Gasteiger charge is -2.05. The molecule has 0 aliphatic rings. The van der Waals surface area contributed by atoms with Gasteiger partial charge >= 0.3 is 0 Å². The van der Waals surface area contributed by atoms with Crippen LogP contribution in [0.1, 0.15) is 43.6 Å². The van der Waals surface area contributed by atoms with E-state index in [2.05, 4.69) is 9.47 Å². The highest BCUT2D eigenvalue weighted by atomic mass is 16.6. The van der Waals surface area contributed by atoms with Crippen LogP contribution in [0.5, 0.6) is 0 Å². The van der Waals surface area contributed by atoms with E-state index in [4.69, 9.17) is 5.11 Å². The number of carbonyl (C=O) groups is 3. The molecule has 114 valence electrons.